The first kappa shape index (κ1) is 13.7. The highest BCUT2D eigenvalue weighted by atomic mass is 32.2. The third-order valence-corrected chi connectivity index (χ3v) is 3.34. The first-order valence-electron chi connectivity index (χ1n) is 4.70. The van der Waals surface area contributed by atoms with Crippen LogP contribution in [0.5, 0.6) is 11.5 Å². The molecule has 1 aromatic rings. The van der Waals surface area contributed by atoms with E-state index in [9.17, 15) is 12.8 Å². The van der Waals surface area contributed by atoms with Crippen LogP contribution in [0.1, 0.15) is 5.56 Å². The summed E-state index contributed by atoms with van der Waals surface area (Å²) >= 11 is 0. The molecular weight excluding hydrogens is 249 g/mol. The number of hydrogen-bond acceptors (Lipinski definition) is 5. The van der Waals surface area contributed by atoms with Crippen LogP contribution in [0.2, 0.25) is 0 Å². The summed E-state index contributed by atoms with van der Waals surface area (Å²) in [6, 6.07) is 1.04. The van der Waals surface area contributed by atoms with Gasteiger partial charge in [0.05, 0.1) is 14.2 Å². The summed E-state index contributed by atoms with van der Waals surface area (Å²) in [4.78, 5) is -0.519. The van der Waals surface area contributed by atoms with Crippen molar-refractivity contribution >= 4 is 9.84 Å². The molecule has 0 aliphatic carbocycles. The van der Waals surface area contributed by atoms with Crippen molar-refractivity contribution < 1.29 is 22.3 Å². The molecule has 0 aromatic heterocycles. The first-order chi connectivity index (χ1) is 7.86. The van der Waals surface area contributed by atoms with E-state index in [0.717, 1.165) is 12.3 Å². The van der Waals surface area contributed by atoms with Gasteiger partial charge >= 0.3 is 0 Å². The van der Waals surface area contributed by atoms with Crippen LogP contribution in [0, 0.1) is 5.82 Å². The number of sulfone groups is 1. The zero-order valence-electron chi connectivity index (χ0n) is 9.78. The van der Waals surface area contributed by atoms with Crippen molar-refractivity contribution in [2.45, 2.75) is 11.4 Å². The molecule has 0 amide bonds. The van der Waals surface area contributed by atoms with E-state index in [1.807, 2.05) is 0 Å². The van der Waals surface area contributed by atoms with E-state index in [1.165, 1.54) is 14.2 Å². The van der Waals surface area contributed by atoms with Gasteiger partial charge in [-0.05, 0) is 6.07 Å². The van der Waals surface area contributed by atoms with Crippen LogP contribution < -0.4 is 15.2 Å². The topological polar surface area (TPSA) is 78.6 Å². The second-order valence-corrected chi connectivity index (χ2v) is 5.34. The van der Waals surface area contributed by atoms with Crippen LogP contribution in [0.3, 0.4) is 0 Å². The number of methoxy groups -OCH3 is 2. The summed E-state index contributed by atoms with van der Waals surface area (Å²) < 4.78 is 46.6. The minimum Gasteiger partial charge on any atom is -0.492 e. The Kier molecular flexibility index (Phi) is 3.94. The maximum absolute atomic E-state index is 13.7. The maximum atomic E-state index is 13.7. The van der Waals surface area contributed by atoms with E-state index in [4.69, 9.17) is 15.2 Å². The van der Waals surface area contributed by atoms with Gasteiger partial charge in [-0.1, -0.05) is 0 Å². The van der Waals surface area contributed by atoms with E-state index >= 15 is 0 Å². The van der Waals surface area contributed by atoms with E-state index in [-0.39, 0.29) is 18.0 Å². The molecule has 0 atom stereocenters. The van der Waals surface area contributed by atoms with E-state index in [0.29, 0.717) is 5.56 Å². The van der Waals surface area contributed by atoms with Crippen molar-refractivity contribution in [3.63, 3.8) is 0 Å². The number of benzene rings is 1. The highest BCUT2D eigenvalue weighted by Crippen LogP contribution is 2.39. The Balaban J connectivity index is 3.73. The fraction of sp³-hybridized carbons (Fsp3) is 0.400. The lowest BCUT2D eigenvalue weighted by molar-refractivity contribution is 0.338. The van der Waals surface area contributed by atoms with Gasteiger partial charge in [-0.25, -0.2) is 12.8 Å². The summed E-state index contributed by atoms with van der Waals surface area (Å²) in [6.07, 6.45) is 0.898. The van der Waals surface area contributed by atoms with E-state index in [2.05, 4.69) is 0 Å². The standard InChI is InChI=1S/C10H14FNO4S/c1-15-8-6(5-12)4-7(11)10(9(8)16-2)17(3,13)14/h4H,5,12H2,1-3H3. The Bertz CT molecular complexity index is 528. The Morgan fingerprint density at radius 1 is 1.29 bits per heavy atom. The quantitative estimate of drug-likeness (QED) is 0.865. The van der Waals surface area contributed by atoms with Gasteiger partial charge in [0.2, 0.25) is 0 Å². The molecule has 0 aliphatic heterocycles. The summed E-state index contributed by atoms with van der Waals surface area (Å²) in [5.41, 5.74) is 5.77. The summed E-state index contributed by atoms with van der Waals surface area (Å²) in [6.45, 7) is 0.0144. The zero-order valence-corrected chi connectivity index (χ0v) is 10.6. The fourth-order valence-electron chi connectivity index (χ4n) is 1.55. The number of nitrogens with two attached hydrogens (primary N) is 1. The zero-order chi connectivity index (χ0) is 13.2. The van der Waals surface area contributed by atoms with Crippen LogP contribution in [0.15, 0.2) is 11.0 Å². The number of ether oxygens (including phenoxy) is 2. The molecular formula is C10H14FNO4S. The van der Waals surface area contributed by atoms with Gasteiger partial charge in [0, 0.05) is 18.4 Å². The van der Waals surface area contributed by atoms with Crippen molar-refractivity contribution in [2.24, 2.45) is 5.73 Å². The van der Waals surface area contributed by atoms with Gasteiger partial charge in [0.25, 0.3) is 0 Å². The molecule has 2 N–H and O–H groups in total. The molecule has 0 unspecified atom stereocenters. The lowest BCUT2D eigenvalue weighted by Gasteiger charge is -2.15. The van der Waals surface area contributed by atoms with Gasteiger partial charge in [-0.2, -0.15) is 0 Å². The monoisotopic (exact) mass is 263 g/mol. The second-order valence-electron chi connectivity index (χ2n) is 3.39. The highest BCUT2D eigenvalue weighted by molar-refractivity contribution is 7.90. The Hall–Kier alpha value is -1.34. The largest absolute Gasteiger partial charge is 0.492 e. The predicted octanol–water partition coefficient (Wildman–Crippen LogP) is 0.705. The fourth-order valence-corrected chi connectivity index (χ4v) is 2.47. The van der Waals surface area contributed by atoms with Crippen LogP contribution in [-0.4, -0.2) is 28.9 Å². The second kappa shape index (κ2) is 4.89. The van der Waals surface area contributed by atoms with Gasteiger partial charge in [0.1, 0.15) is 10.7 Å². The molecule has 5 nitrogen and oxygen atoms in total. The number of rotatable bonds is 4. The molecule has 0 aliphatic rings. The Labute approximate surface area is 99.2 Å². The summed E-state index contributed by atoms with van der Waals surface area (Å²) in [5, 5.41) is 0. The molecule has 17 heavy (non-hydrogen) atoms. The summed E-state index contributed by atoms with van der Waals surface area (Å²) in [5.74, 6) is -0.919. The SMILES string of the molecule is COc1c(CN)cc(F)c(S(C)(=O)=O)c1OC. The van der Waals surface area contributed by atoms with Gasteiger partial charge in [-0.3, -0.25) is 0 Å². The van der Waals surface area contributed by atoms with Crippen molar-refractivity contribution in [3.8, 4) is 11.5 Å². The molecule has 0 bridgehead atoms. The molecule has 0 saturated carbocycles. The average Bonchev–Trinajstić information content (AvgIpc) is 2.25. The normalized spacial score (nSPS) is 11.4. The van der Waals surface area contributed by atoms with Crippen molar-refractivity contribution in [1.82, 2.24) is 0 Å². The molecule has 0 heterocycles. The first-order valence-corrected chi connectivity index (χ1v) is 6.59. The number of halogens is 1. The molecule has 0 fully saturated rings. The smallest absolute Gasteiger partial charge is 0.182 e. The maximum Gasteiger partial charge on any atom is 0.182 e. The Morgan fingerprint density at radius 2 is 1.82 bits per heavy atom. The van der Waals surface area contributed by atoms with Crippen LogP contribution >= 0.6 is 0 Å². The van der Waals surface area contributed by atoms with E-state index < -0.39 is 20.5 Å². The number of hydrogen-bond donors (Lipinski definition) is 1. The van der Waals surface area contributed by atoms with Crippen molar-refractivity contribution in [3.05, 3.63) is 17.4 Å². The molecule has 7 heteroatoms. The van der Waals surface area contributed by atoms with Gasteiger partial charge < -0.3 is 15.2 Å². The predicted molar refractivity (Wildman–Crippen MR) is 60.5 cm³/mol. The molecule has 1 aromatic carbocycles. The minimum atomic E-state index is -3.75. The third-order valence-electron chi connectivity index (χ3n) is 2.22. The molecule has 0 saturated heterocycles. The minimum absolute atomic E-state index is 0.0144. The highest BCUT2D eigenvalue weighted by Gasteiger charge is 2.26. The Morgan fingerprint density at radius 3 is 2.18 bits per heavy atom. The lowest BCUT2D eigenvalue weighted by atomic mass is 10.2. The molecule has 0 spiro atoms. The molecule has 96 valence electrons. The molecule has 0 radical (unpaired) electrons. The van der Waals surface area contributed by atoms with Gasteiger partial charge in [-0.15, -0.1) is 0 Å². The van der Waals surface area contributed by atoms with Crippen LogP contribution in [0.25, 0.3) is 0 Å². The van der Waals surface area contributed by atoms with Crippen molar-refractivity contribution in [2.75, 3.05) is 20.5 Å². The lowest BCUT2D eigenvalue weighted by Crippen LogP contribution is -2.09. The van der Waals surface area contributed by atoms with Gasteiger partial charge in [0.15, 0.2) is 21.3 Å². The van der Waals surface area contributed by atoms with Crippen molar-refractivity contribution in [1.29, 1.82) is 0 Å². The van der Waals surface area contributed by atoms with E-state index in [1.54, 1.807) is 0 Å². The molecule has 1 rings (SSSR count). The van der Waals surface area contributed by atoms with Crippen LogP contribution in [-0.2, 0) is 16.4 Å². The third kappa shape index (κ3) is 2.50. The summed E-state index contributed by atoms with van der Waals surface area (Å²) in [7, 11) is -1.18. The average molecular weight is 263 g/mol. The van der Waals surface area contributed by atoms with Crippen LogP contribution in [0.4, 0.5) is 4.39 Å².